The molecule has 1 saturated carbocycles. The van der Waals surface area contributed by atoms with Crippen LogP contribution in [0, 0.1) is 12.3 Å². The Morgan fingerprint density at radius 1 is 1.50 bits per heavy atom. The molecule has 1 fully saturated rings. The summed E-state index contributed by atoms with van der Waals surface area (Å²) in [5.41, 5.74) is 0.609. The third kappa shape index (κ3) is 2.74. The molecule has 1 aliphatic carbocycles. The minimum atomic E-state index is -0.182. The average molecular weight is 250 g/mol. The topological polar surface area (TPSA) is 55.1 Å². The van der Waals surface area contributed by atoms with Crippen LogP contribution in [-0.2, 0) is 4.79 Å². The fraction of sp³-hybridized carbons (Fsp3) is 0.714. The van der Waals surface area contributed by atoms with Gasteiger partial charge in [0.1, 0.15) is 6.26 Å². The van der Waals surface area contributed by atoms with Gasteiger partial charge in [-0.25, -0.2) is 0 Å². The van der Waals surface area contributed by atoms with Crippen LogP contribution in [-0.4, -0.2) is 10.9 Å². The van der Waals surface area contributed by atoms with Gasteiger partial charge >= 0.3 is 6.01 Å². The lowest BCUT2D eigenvalue weighted by Crippen LogP contribution is -2.34. The van der Waals surface area contributed by atoms with Crippen LogP contribution in [0.1, 0.15) is 57.6 Å². The molecular formula is C14H22N2O2. The maximum Gasteiger partial charge on any atom is 0.301 e. The number of hydrogen-bond donors (Lipinski definition) is 1. The quantitative estimate of drug-likeness (QED) is 0.867. The lowest BCUT2D eigenvalue weighted by atomic mass is 9.80. The highest BCUT2D eigenvalue weighted by Crippen LogP contribution is 2.43. The summed E-state index contributed by atoms with van der Waals surface area (Å²) in [6.45, 7) is 4.01. The van der Waals surface area contributed by atoms with Gasteiger partial charge in [-0.2, -0.15) is 4.98 Å². The van der Waals surface area contributed by atoms with Gasteiger partial charge in [-0.15, -0.1) is 0 Å². The van der Waals surface area contributed by atoms with Crippen molar-refractivity contribution in [3.63, 3.8) is 0 Å². The van der Waals surface area contributed by atoms with Crippen molar-refractivity contribution in [2.75, 3.05) is 5.32 Å². The Balaban J connectivity index is 2.04. The third-order valence-corrected chi connectivity index (χ3v) is 3.89. The predicted octanol–water partition coefficient (Wildman–Crippen LogP) is 3.67. The van der Waals surface area contributed by atoms with E-state index < -0.39 is 0 Å². The number of anilines is 1. The fourth-order valence-corrected chi connectivity index (χ4v) is 2.80. The first-order valence-corrected chi connectivity index (χ1v) is 6.90. The summed E-state index contributed by atoms with van der Waals surface area (Å²) < 4.78 is 5.20. The Bertz CT molecular complexity index is 406. The van der Waals surface area contributed by atoms with Gasteiger partial charge in [0.2, 0.25) is 5.91 Å². The highest BCUT2D eigenvalue weighted by atomic mass is 16.4. The van der Waals surface area contributed by atoms with E-state index in [1.807, 2.05) is 6.92 Å². The lowest BCUT2D eigenvalue weighted by Gasteiger charge is -2.26. The second kappa shape index (κ2) is 5.55. The van der Waals surface area contributed by atoms with Crippen LogP contribution < -0.4 is 5.32 Å². The van der Waals surface area contributed by atoms with Gasteiger partial charge in [0, 0.05) is 5.41 Å². The first-order valence-electron chi connectivity index (χ1n) is 6.90. The van der Waals surface area contributed by atoms with Crippen molar-refractivity contribution in [1.29, 1.82) is 0 Å². The molecule has 0 saturated heterocycles. The minimum Gasteiger partial charge on any atom is -0.432 e. The molecule has 1 aromatic rings. The summed E-state index contributed by atoms with van der Waals surface area (Å²) in [5, 5.41) is 2.84. The number of rotatable bonds is 5. The summed E-state index contributed by atoms with van der Waals surface area (Å²) >= 11 is 0. The van der Waals surface area contributed by atoms with E-state index in [9.17, 15) is 4.79 Å². The van der Waals surface area contributed by atoms with Crippen molar-refractivity contribution in [1.82, 2.24) is 4.98 Å². The van der Waals surface area contributed by atoms with Gasteiger partial charge in [-0.1, -0.05) is 32.6 Å². The summed E-state index contributed by atoms with van der Waals surface area (Å²) in [6.07, 6.45) is 9.09. The summed E-state index contributed by atoms with van der Waals surface area (Å²) in [5.74, 6) is 0.0929. The molecule has 0 radical (unpaired) electrons. The largest absolute Gasteiger partial charge is 0.432 e. The Labute approximate surface area is 108 Å². The number of nitrogens with zero attached hydrogens (tertiary/aromatic N) is 1. The maximum absolute atomic E-state index is 12.4. The summed E-state index contributed by atoms with van der Waals surface area (Å²) in [6, 6.07) is 0.334. The molecule has 0 bridgehead atoms. The van der Waals surface area contributed by atoms with E-state index in [-0.39, 0.29) is 11.3 Å². The number of aromatic nitrogens is 1. The molecule has 18 heavy (non-hydrogen) atoms. The van der Waals surface area contributed by atoms with Crippen molar-refractivity contribution in [3.8, 4) is 0 Å². The monoisotopic (exact) mass is 250 g/mol. The molecule has 4 heteroatoms. The molecule has 1 aliphatic rings. The SMILES string of the molecule is CCCCC1(C(=O)Nc2nc(C)co2)CCCC1. The molecule has 1 aromatic heterocycles. The third-order valence-electron chi connectivity index (χ3n) is 3.89. The molecule has 0 aromatic carbocycles. The number of oxazole rings is 1. The number of amides is 1. The lowest BCUT2D eigenvalue weighted by molar-refractivity contribution is -0.126. The zero-order chi connectivity index (χ0) is 13.0. The van der Waals surface area contributed by atoms with E-state index >= 15 is 0 Å². The van der Waals surface area contributed by atoms with E-state index in [0.717, 1.165) is 50.6 Å². The first-order chi connectivity index (χ1) is 8.66. The fourth-order valence-electron chi connectivity index (χ4n) is 2.80. The van der Waals surface area contributed by atoms with E-state index in [1.165, 1.54) is 0 Å². The Morgan fingerprint density at radius 2 is 2.22 bits per heavy atom. The smallest absolute Gasteiger partial charge is 0.301 e. The molecule has 4 nitrogen and oxygen atoms in total. The van der Waals surface area contributed by atoms with Crippen molar-refractivity contribution in [2.45, 2.75) is 58.8 Å². The van der Waals surface area contributed by atoms with Gasteiger partial charge in [0.25, 0.3) is 0 Å². The molecule has 0 aliphatic heterocycles. The van der Waals surface area contributed by atoms with E-state index in [1.54, 1.807) is 6.26 Å². The number of carbonyl (C=O) groups is 1. The van der Waals surface area contributed by atoms with Crippen LogP contribution in [0.3, 0.4) is 0 Å². The number of nitrogens with one attached hydrogen (secondary N) is 1. The molecular weight excluding hydrogens is 228 g/mol. The summed E-state index contributed by atoms with van der Waals surface area (Å²) in [7, 11) is 0. The number of aryl methyl sites for hydroxylation is 1. The molecule has 2 rings (SSSR count). The van der Waals surface area contributed by atoms with E-state index in [2.05, 4.69) is 17.2 Å². The Hall–Kier alpha value is -1.32. The molecule has 100 valence electrons. The van der Waals surface area contributed by atoms with E-state index in [4.69, 9.17) is 4.42 Å². The molecule has 1 heterocycles. The van der Waals surface area contributed by atoms with Crippen LogP contribution in [0.2, 0.25) is 0 Å². The minimum absolute atomic E-state index is 0.0929. The second-order valence-electron chi connectivity index (χ2n) is 5.34. The van der Waals surface area contributed by atoms with Gasteiger partial charge in [-0.05, 0) is 26.2 Å². The van der Waals surface area contributed by atoms with E-state index in [0.29, 0.717) is 6.01 Å². The van der Waals surface area contributed by atoms with Crippen molar-refractivity contribution >= 4 is 11.9 Å². The predicted molar refractivity (Wildman–Crippen MR) is 70.3 cm³/mol. The molecule has 0 unspecified atom stereocenters. The molecule has 0 spiro atoms. The zero-order valence-corrected chi connectivity index (χ0v) is 11.3. The number of carbonyl (C=O) groups excluding carboxylic acids is 1. The molecule has 0 atom stereocenters. The molecule has 1 N–H and O–H groups in total. The van der Waals surface area contributed by atoms with Crippen LogP contribution >= 0.6 is 0 Å². The Kier molecular flexibility index (Phi) is 4.04. The highest BCUT2D eigenvalue weighted by Gasteiger charge is 2.40. The standard InChI is InChI=1S/C14H22N2O2/c1-3-4-7-14(8-5-6-9-14)12(17)16-13-15-11(2)10-18-13/h10H,3-9H2,1-2H3,(H,15,16,17). The second-order valence-corrected chi connectivity index (χ2v) is 5.34. The highest BCUT2D eigenvalue weighted by molar-refractivity contribution is 5.93. The summed E-state index contributed by atoms with van der Waals surface area (Å²) in [4.78, 5) is 16.6. The number of hydrogen-bond acceptors (Lipinski definition) is 3. The van der Waals surface area contributed by atoms with Crippen molar-refractivity contribution in [3.05, 3.63) is 12.0 Å². The van der Waals surface area contributed by atoms with Crippen molar-refractivity contribution in [2.24, 2.45) is 5.41 Å². The van der Waals surface area contributed by atoms with Gasteiger partial charge in [0.05, 0.1) is 5.69 Å². The average Bonchev–Trinajstić information content (AvgIpc) is 2.97. The van der Waals surface area contributed by atoms with Gasteiger partial charge < -0.3 is 4.42 Å². The van der Waals surface area contributed by atoms with Gasteiger partial charge in [0.15, 0.2) is 0 Å². The van der Waals surface area contributed by atoms with Crippen LogP contribution in [0.5, 0.6) is 0 Å². The Morgan fingerprint density at radius 3 is 2.78 bits per heavy atom. The van der Waals surface area contributed by atoms with Gasteiger partial charge in [-0.3, -0.25) is 10.1 Å². The van der Waals surface area contributed by atoms with Crippen LogP contribution in [0.4, 0.5) is 6.01 Å². The van der Waals surface area contributed by atoms with Crippen LogP contribution in [0.25, 0.3) is 0 Å². The number of unbranched alkanes of at least 4 members (excludes halogenated alkanes) is 1. The maximum atomic E-state index is 12.4. The first kappa shape index (κ1) is 13.1. The van der Waals surface area contributed by atoms with Crippen LogP contribution in [0.15, 0.2) is 10.7 Å². The normalized spacial score (nSPS) is 17.9. The van der Waals surface area contributed by atoms with Crippen molar-refractivity contribution < 1.29 is 9.21 Å². The molecule has 1 amide bonds. The zero-order valence-electron chi connectivity index (χ0n) is 11.3.